The van der Waals surface area contributed by atoms with E-state index in [-0.39, 0.29) is 11.8 Å². The molecule has 4 heterocycles. The molecule has 42 heavy (non-hydrogen) atoms. The van der Waals surface area contributed by atoms with Gasteiger partial charge in [0.1, 0.15) is 5.69 Å². The van der Waals surface area contributed by atoms with Gasteiger partial charge >= 0.3 is 0 Å². The van der Waals surface area contributed by atoms with E-state index in [9.17, 15) is 9.59 Å². The van der Waals surface area contributed by atoms with Gasteiger partial charge in [0.15, 0.2) is 0 Å². The van der Waals surface area contributed by atoms with E-state index >= 15 is 0 Å². The van der Waals surface area contributed by atoms with E-state index in [1.165, 1.54) is 40.7 Å². The summed E-state index contributed by atoms with van der Waals surface area (Å²) in [6.45, 7) is 3.08. The Kier molecular flexibility index (Phi) is 7.11. The molecule has 0 unspecified atom stereocenters. The average molecular weight is 565 g/mol. The summed E-state index contributed by atoms with van der Waals surface area (Å²) >= 11 is 0. The van der Waals surface area contributed by atoms with E-state index in [0.717, 1.165) is 35.1 Å². The molecule has 9 nitrogen and oxygen atoms in total. The highest BCUT2D eigenvalue weighted by atomic mass is 16.5. The third-order valence-corrected chi connectivity index (χ3v) is 8.90. The fourth-order valence-electron chi connectivity index (χ4n) is 6.86. The van der Waals surface area contributed by atoms with Crippen molar-refractivity contribution in [2.45, 2.75) is 51.1 Å². The summed E-state index contributed by atoms with van der Waals surface area (Å²) in [5.74, 6) is 0.338. The molecule has 3 aliphatic rings. The van der Waals surface area contributed by atoms with Crippen LogP contribution in [0, 0.1) is 0 Å². The largest absolute Gasteiger partial charge is 0.378 e. The molecule has 0 atom stereocenters. The zero-order valence-electron chi connectivity index (χ0n) is 24.0. The molecule has 7 rings (SSSR count). The number of carbonyl (C=O) groups is 2. The first-order chi connectivity index (χ1) is 20.6. The normalized spacial score (nSPS) is 17.4. The molecule has 216 valence electrons. The SMILES string of the molecule is Cn1ncc(CNC(=O)c2ccc3c(C4CCCCC4)c4n(c3c2)CC(C(=O)N2CCOCC2)=Cc2ccccc2-4)n1. The van der Waals surface area contributed by atoms with Gasteiger partial charge in [-0.15, -0.1) is 0 Å². The number of ether oxygens (including phenoxy) is 1. The van der Waals surface area contributed by atoms with Gasteiger partial charge in [-0.05, 0) is 48.1 Å². The van der Waals surface area contributed by atoms with Crippen molar-refractivity contribution >= 4 is 28.8 Å². The van der Waals surface area contributed by atoms with Gasteiger partial charge in [-0.1, -0.05) is 49.6 Å². The van der Waals surface area contributed by atoms with Crippen molar-refractivity contribution < 1.29 is 14.3 Å². The van der Waals surface area contributed by atoms with E-state index in [1.807, 2.05) is 23.1 Å². The van der Waals surface area contributed by atoms with Crippen LogP contribution in [-0.2, 0) is 29.7 Å². The molecule has 0 radical (unpaired) electrons. The highest BCUT2D eigenvalue weighted by Gasteiger charge is 2.31. The number of amides is 2. The average Bonchev–Trinajstić information content (AvgIpc) is 3.54. The van der Waals surface area contributed by atoms with Gasteiger partial charge in [0.25, 0.3) is 11.8 Å². The van der Waals surface area contributed by atoms with Crippen LogP contribution < -0.4 is 5.32 Å². The minimum absolute atomic E-state index is 0.0555. The van der Waals surface area contributed by atoms with Crippen LogP contribution in [0.5, 0.6) is 0 Å². The summed E-state index contributed by atoms with van der Waals surface area (Å²) in [6, 6.07) is 14.5. The summed E-state index contributed by atoms with van der Waals surface area (Å²) in [5.41, 5.74) is 7.80. The predicted molar refractivity (Wildman–Crippen MR) is 161 cm³/mol. The van der Waals surface area contributed by atoms with Gasteiger partial charge < -0.3 is 19.5 Å². The van der Waals surface area contributed by atoms with Crippen LogP contribution in [-0.4, -0.2) is 62.6 Å². The van der Waals surface area contributed by atoms with Crippen LogP contribution >= 0.6 is 0 Å². The Hall–Kier alpha value is -4.24. The summed E-state index contributed by atoms with van der Waals surface area (Å²) in [6.07, 6.45) is 9.76. The number of benzene rings is 2. The van der Waals surface area contributed by atoms with E-state index in [0.29, 0.717) is 56.6 Å². The van der Waals surface area contributed by atoms with Gasteiger partial charge in [0, 0.05) is 47.7 Å². The molecule has 2 aliphatic heterocycles. The Labute approximate surface area is 245 Å². The molecule has 2 aromatic carbocycles. The maximum atomic E-state index is 13.9. The van der Waals surface area contributed by atoms with E-state index in [4.69, 9.17) is 4.74 Å². The van der Waals surface area contributed by atoms with Gasteiger partial charge in [0.2, 0.25) is 0 Å². The molecule has 2 fully saturated rings. The third kappa shape index (κ3) is 4.91. The number of aryl methyl sites for hydroxylation is 1. The smallest absolute Gasteiger partial charge is 0.251 e. The Morgan fingerprint density at radius 1 is 1.05 bits per heavy atom. The second-order valence-corrected chi connectivity index (χ2v) is 11.6. The van der Waals surface area contributed by atoms with E-state index < -0.39 is 0 Å². The Bertz CT molecular complexity index is 1690. The zero-order valence-corrected chi connectivity index (χ0v) is 24.0. The first-order valence-corrected chi connectivity index (χ1v) is 15.0. The van der Waals surface area contributed by atoms with Gasteiger partial charge in [0.05, 0.1) is 38.2 Å². The molecule has 1 aliphatic carbocycles. The van der Waals surface area contributed by atoms with Gasteiger partial charge in [-0.25, -0.2) is 0 Å². The van der Waals surface area contributed by atoms with Crippen LogP contribution in [0.25, 0.3) is 28.2 Å². The molecular weight excluding hydrogens is 528 g/mol. The van der Waals surface area contributed by atoms with Crippen LogP contribution in [0.3, 0.4) is 0 Å². The summed E-state index contributed by atoms with van der Waals surface area (Å²) < 4.78 is 7.82. The number of carbonyl (C=O) groups excluding carboxylic acids is 2. The maximum absolute atomic E-state index is 13.9. The van der Waals surface area contributed by atoms with Crippen molar-refractivity contribution in [3.05, 3.63) is 76.6 Å². The number of hydrogen-bond donors (Lipinski definition) is 1. The molecule has 4 aromatic rings. The van der Waals surface area contributed by atoms with Gasteiger partial charge in [-0.2, -0.15) is 15.0 Å². The molecule has 2 amide bonds. The van der Waals surface area contributed by atoms with Crippen molar-refractivity contribution in [2.75, 3.05) is 26.3 Å². The number of hydrogen-bond acceptors (Lipinski definition) is 5. The second-order valence-electron chi connectivity index (χ2n) is 11.6. The van der Waals surface area contributed by atoms with Crippen molar-refractivity contribution in [1.82, 2.24) is 29.8 Å². The van der Waals surface area contributed by atoms with Crippen molar-refractivity contribution in [3.63, 3.8) is 0 Å². The third-order valence-electron chi connectivity index (χ3n) is 8.90. The van der Waals surface area contributed by atoms with Crippen molar-refractivity contribution in [3.8, 4) is 11.3 Å². The molecule has 1 saturated heterocycles. The lowest BCUT2D eigenvalue weighted by molar-refractivity contribution is -0.131. The number of morpholine rings is 1. The van der Waals surface area contributed by atoms with E-state index in [1.54, 1.807) is 13.2 Å². The van der Waals surface area contributed by atoms with Gasteiger partial charge in [-0.3, -0.25) is 9.59 Å². The number of fused-ring (bicyclic) bond motifs is 5. The Morgan fingerprint density at radius 2 is 1.86 bits per heavy atom. The first-order valence-electron chi connectivity index (χ1n) is 15.0. The van der Waals surface area contributed by atoms with Crippen LogP contribution in [0.2, 0.25) is 0 Å². The lowest BCUT2D eigenvalue weighted by Gasteiger charge is -2.28. The standard InChI is InChI=1S/C33H36N6O3/c1-37-35-20-26(36-37)19-34-32(40)24-11-12-28-29(18-24)39-21-25(33(41)38-13-15-42-16-14-38)17-23-9-5-6-10-27(23)31(39)30(28)22-7-3-2-4-8-22/h5-6,9-12,17-18,20,22H,2-4,7-8,13-16,19,21H2,1H3,(H,34,40). The zero-order chi connectivity index (χ0) is 28.6. The van der Waals surface area contributed by atoms with E-state index in [2.05, 4.69) is 50.4 Å². The molecule has 0 bridgehead atoms. The molecule has 2 aromatic heterocycles. The lowest BCUT2D eigenvalue weighted by Crippen LogP contribution is -2.41. The number of nitrogens with one attached hydrogen (secondary N) is 1. The lowest BCUT2D eigenvalue weighted by atomic mass is 9.81. The number of rotatable bonds is 5. The minimum atomic E-state index is -0.161. The number of nitrogens with zero attached hydrogens (tertiary/aromatic N) is 5. The fourth-order valence-corrected chi connectivity index (χ4v) is 6.86. The first kappa shape index (κ1) is 26.6. The summed E-state index contributed by atoms with van der Waals surface area (Å²) in [7, 11) is 1.76. The highest BCUT2D eigenvalue weighted by molar-refractivity contribution is 6.04. The Balaban J connectivity index is 1.35. The molecular formula is C33H36N6O3. The minimum Gasteiger partial charge on any atom is -0.378 e. The summed E-state index contributed by atoms with van der Waals surface area (Å²) in [4.78, 5) is 30.6. The maximum Gasteiger partial charge on any atom is 0.251 e. The molecule has 1 N–H and O–H groups in total. The second kappa shape index (κ2) is 11.2. The number of aromatic nitrogens is 4. The molecule has 0 spiro atoms. The van der Waals surface area contributed by atoms with Crippen LogP contribution in [0.4, 0.5) is 0 Å². The van der Waals surface area contributed by atoms with Crippen LogP contribution in [0.1, 0.15) is 65.2 Å². The van der Waals surface area contributed by atoms with Crippen LogP contribution in [0.15, 0.2) is 54.2 Å². The summed E-state index contributed by atoms with van der Waals surface area (Å²) in [5, 5.41) is 12.5. The fraction of sp³-hybridized carbons (Fsp3) is 0.394. The molecule has 9 heteroatoms. The molecule has 1 saturated carbocycles. The van der Waals surface area contributed by atoms with Crippen molar-refractivity contribution in [1.29, 1.82) is 0 Å². The quantitative estimate of drug-likeness (QED) is 0.380. The topological polar surface area (TPSA) is 94.3 Å². The highest BCUT2D eigenvalue weighted by Crippen LogP contribution is 2.46. The monoisotopic (exact) mass is 564 g/mol. The Morgan fingerprint density at radius 3 is 2.64 bits per heavy atom. The predicted octanol–water partition coefficient (Wildman–Crippen LogP) is 4.67. The van der Waals surface area contributed by atoms with Crippen molar-refractivity contribution in [2.24, 2.45) is 7.05 Å².